The van der Waals surface area contributed by atoms with Crippen LogP contribution in [0.25, 0.3) is 12.2 Å². The van der Waals surface area contributed by atoms with Gasteiger partial charge in [0, 0.05) is 6.42 Å². The number of amides is 3. The smallest absolute Gasteiger partial charge is 0.327 e. The van der Waals surface area contributed by atoms with Gasteiger partial charge in [0.05, 0.1) is 24.0 Å². The summed E-state index contributed by atoms with van der Waals surface area (Å²) in [5.74, 6) is -3.88. The number of hydrogen-bond donors (Lipinski definition) is 3. The highest BCUT2D eigenvalue weighted by Crippen LogP contribution is 2.39. The zero-order valence-corrected chi connectivity index (χ0v) is 23.3. The summed E-state index contributed by atoms with van der Waals surface area (Å²) in [5.41, 5.74) is -0.523. The van der Waals surface area contributed by atoms with Gasteiger partial charge in [-0.1, -0.05) is 36.0 Å². The number of methoxy groups -OCH3 is 2. The van der Waals surface area contributed by atoms with Crippen LogP contribution in [-0.4, -0.2) is 86.0 Å². The number of nitrogens with zero attached hydrogens (tertiary/aromatic N) is 2. The number of carbonyl (C=O) groups is 5. The highest BCUT2D eigenvalue weighted by Gasteiger charge is 2.49. The molecule has 2 aromatic rings. The molecule has 2 heterocycles. The van der Waals surface area contributed by atoms with Crippen LogP contribution >= 0.6 is 23.5 Å². The fraction of sp³-hybridized carbons (Fsp3) is 0.222. The fourth-order valence-corrected chi connectivity index (χ4v) is 6.02. The second-order valence-electron chi connectivity index (χ2n) is 8.71. The molecular weight excluding hydrogens is 576 g/mol. The predicted octanol–water partition coefficient (Wildman–Crippen LogP) is 2.93. The summed E-state index contributed by atoms with van der Waals surface area (Å²) < 4.78 is 10.2. The van der Waals surface area contributed by atoms with E-state index in [-0.39, 0.29) is 9.81 Å². The first-order chi connectivity index (χ1) is 19.5. The summed E-state index contributed by atoms with van der Waals surface area (Å²) in [5, 5.41) is 29.6. The molecule has 0 aromatic heterocycles. The average Bonchev–Trinajstić information content (AvgIpc) is 3.38. The van der Waals surface area contributed by atoms with Crippen LogP contribution in [0, 0.1) is 0 Å². The first-order valence-corrected chi connectivity index (χ1v) is 13.6. The topological polar surface area (TPSA) is 171 Å². The number of ether oxygens (including phenoxy) is 2. The van der Waals surface area contributed by atoms with E-state index in [1.807, 2.05) is 0 Å². The molecule has 0 saturated carbocycles. The van der Waals surface area contributed by atoms with Crippen molar-refractivity contribution in [3.63, 3.8) is 0 Å². The van der Waals surface area contributed by atoms with Crippen LogP contribution in [0.2, 0.25) is 0 Å². The number of rotatable bonds is 10. The first-order valence-electron chi connectivity index (χ1n) is 11.9. The molecule has 12 nitrogen and oxygen atoms in total. The van der Waals surface area contributed by atoms with Crippen LogP contribution in [0.15, 0.2) is 58.3 Å². The third-order valence-electron chi connectivity index (χ3n) is 6.23. The molecule has 0 spiro atoms. The van der Waals surface area contributed by atoms with Gasteiger partial charge in [-0.25, -0.2) is 9.59 Å². The van der Waals surface area contributed by atoms with Gasteiger partial charge in [-0.2, -0.15) is 0 Å². The largest absolute Gasteiger partial charge is 0.497 e. The van der Waals surface area contributed by atoms with Crippen molar-refractivity contribution in [2.45, 2.75) is 24.1 Å². The molecule has 2 aromatic carbocycles. The molecule has 2 aliphatic heterocycles. The fourth-order valence-electron chi connectivity index (χ4n) is 4.15. The maximum atomic E-state index is 13.2. The van der Waals surface area contributed by atoms with Gasteiger partial charge in [0.25, 0.3) is 17.1 Å². The van der Waals surface area contributed by atoms with Crippen molar-refractivity contribution in [1.29, 1.82) is 0 Å². The van der Waals surface area contributed by atoms with E-state index >= 15 is 0 Å². The number of aliphatic hydroxyl groups is 1. The lowest BCUT2D eigenvalue weighted by atomic mass is 10.0. The van der Waals surface area contributed by atoms with Crippen LogP contribution in [0.1, 0.15) is 17.5 Å². The number of carbonyl (C=O) groups excluding carboxylic acids is 3. The number of carboxylic acids is 2. The lowest BCUT2D eigenvalue weighted by molar-refractivity contribution is -0.156. The van der Waals surface area contributed by atoms with Crippen molar-refractivity contribution in [2.75, 3.05) is 14.2 Å². The molecule has 0 aliphatic carbocycles. The Balaban J connectivity index is 1.57. The standard InChI is InChI=1S/C27H24N2O10S2/c1-38-16-7-3-14(4-8-16)11-20-22(30)28(26(36)40-20)18(24(32)33)13-19(25(34)35)29-23(31)21(41-27(29)37)12-15-5-9-17(39-2)10-6-15/h3-12,18-19,26,36H,13H2,1-2H3,(H,32,33)(H,34,35)/b20-11-,21-12-/t18-,19+,26?/m1/s1. The minimum Gasteiger partial charge on any atom is -0.497 e. The predicted molar refractivity (Wildman–Crippen MR) is 150 cm³/mol. The monoisotopic (exact) mass is 600 g/mol. The number of benzene rings is 2. The SMILES string of the molecule is COc1ccc(/C=C2\SC(=O)N([C@@H](C[C@H](C(=O)O)N3C(=O)/C(=C/c4ccc(OC)cc4)SC3O)C(=O)O)C2=O)cc1. The maximum Gasteiger partial charge on any atom is 0.327 e. The van der Waals surface area contributed by atoms with Crippen molar-refractivity contribution in [3.05, 3.63) is 69.5 Å². The summed E-state index contributed by atoms with van der Waals surface area (Å²) >= 11 is 1.20. The molecule has 2 saturated heterocycles. The lowest BCUT2D eigenvalue weighted by Crippen LogP contribution is -2.53. The van der Waals surface area contributed by atoms with Gasteiger partial charge >= 0.3 is 11.9 Å². The summed E-state index contributed by atoms with van der Waals surface area (Å²) in [4.78, 5) is 64.6. The van der Waals surface area contributed by atoms with Gasteiger partial charge < -0.3 is 24.8 Å². The molecule has 3 amide bonds. The van der Waals surface area contributed by atoms with Crippen molar-refractivity contribution >= 4 is 64.7 Å². The number of thioether (sulfide) groups is 2. The summed E-state index contributed by atoms with van der Waals surface area (Å²) in [6.07, 6.45) is 2.00. The Hall–Kier alpha value is -4.27. The van der Waals surface area contributed by atoms with E-state index in [0.29, 0.717) is 55.9 Å². The van der Waals surface area contributed by atoms with Gasteiger partial charge in [-0.15, -0.1) is 0 Å². The number of hydrogen-bond acceptors (Lipinski definition) is 10. The normalized spacial score (nSPS) is 20.6. The van der Waals surface area contributed by atoms with Gasteiger partial charge in [0.1, 0.15) is 23.6 Å². The van der Waals surface area contributed by atoms with Crippen LogP contribution in [-0.2, 0) is 19.2 Å². The first kappa shape index (κ1) is 29.7. The minimum absolute atomic E-state index is 0.0226. The highest BCUT2D eigenvalue weighted by molar-refractivity contribution is 8.18. The van der Waals surface area contributed by atoms with Crippen LogP contribution in [0.4, 0.5) is 4.79 Å². The van der Waals surface area contributed by atoms with Gasteiger partial charge in [0.15, 0.2) is 5.56 Å². The Morgan fingerprint density at radius 1 is 0.829 bits per heavy atom. The Bertz CT molecular complexity index is 1440. The van der Waals surface area contributed by atoms with Crippen LogP contribution in [0.5, 0.6) is 11.5 Å². The van der Waals surface area contributed by atoms with E-state index in [0.717, 1.165) is 0 Å². The second-order valence-corrected chi connectivity index (χ2v) is 10.8. The molecular formula is C27H24N2O10S2. The van der Waals surface area contributed by atoms with E-state index in [2.05, 4.69) is 0 Å². The van der Waals surface area contributed by atoms with Crippen molar-refractivity contribution in [3.8, 4) is 11.5 Å². The molecule has 0 radical (unpaired) electrons. The van der Waals surface area contributed by atoms with Crippen molar-refractivity contribution in [1.82, 2.24) is 9.80 Å². The maximum absolute atomic E-state index is 13.2. The number of carboxylic acid groups (broad SMARTS) is 2. The third kappa shape index (κ3) is 6.39. The second kappa shape index (κ2) is 12.5. The van der Waals surface area contributed by atoms with E-state index < -0.39 is 53.1 Å². The lowest BCUT2D eigenvalue weighted by Gasteiger charge is -2.30. The molecule has 4 rings (SSSR count). The zero-order chi connectivity index (χ0) is 29.8. The van der Waals surface area contributed by atoms with E-state index in [1.54, 1.807) is 48.5 Å². The number of aliphatic hydroxyl groups excluding tert-OH is 1. The summed E-state index contributed by atoms with van der Waals surface area (Å²) in [7, 11) is 2.98. The minimum atomic E-state index is -1.93. The zero-order valence-electron chi connectivity index (χ0n) is 21.6. The number of imide groups is 1. The molecule has 3 atom stereocenters. The Morgan fingerprint density at radius 2 is 1.32 bits per heavy atom. The van der Waals surface area contributed by atoms with E-state index in [4.69, 9.17) is 9.47 Å². The van der Waals surface area contributed by atoms with E-state index in [1.165, 1.54) is 26.4 Å². The molecule has 214 valence electrons. The van der Waals surface area contributed by atoms with Crippen LogP contribution in [0.3, 0.4) is 0 Å². The molecule has 2 aliphatic rings. The average molecular weight is 601 g/mol. The Labute approximate surface area is 242 Å². The molecule has 0 bridgehead atoms. The van der Waals surface area contributed by atoms with Gasteiger partial charge in [-0.3, -0.25) is 24.2 Å². The van der Waals surface area contributed by atoms with E-state index in [9.17, 15) is 39.3 Å². The van der Waals surface area contributed by atoms with Gasteiger partial charge in [-0.05, 0) is 59.3 Å². The third-order valence-corrected chi connectivity index (χ3v) is 8.10. The summed E-state index contributed by atoms with van der Waals surface area (Å²) in [6.45, 7) is 0. The molecule has 3 N–H and O–H groups in total. The quantitative estimate of drug-likeness (QED) is 0.341. The van der Waals surface area contributed by atoms with Crippen molar-refractivity contribution < 1.29 is 48.8 Å². The molecule has 14 heteroatoms. The Kier molecular flexibility index (Phi) is 9.05. The van der Waals surface area contributed by atoms with Crippen molar-refractivity contribution in [2.24, 2.45) is 0 Å². The van der Waals surface area contributed by atoms with Gasteiger partial charge in [0.2, 0.25) is 0 Å². The molecule has 2 fully saturated rings. The van der Waals surface area contributed by atoms with Crippen LogP contribution < -0.4 is 9.47 Å². The molecule has 1 unspecified atom stereocenters. The summed E-state index contributed by atoms with van der Waals surface area (Å²) in [6, 6.07) is 9.38. The molecule has 41 heavy (non-hydrogen) atoms. The number of aliphatic carboxylic acids is 2. The Morgan fingerprint density at radius 3 is 1.78 bits per heavy atom. The highest BCUT2D eigenvalue weighted by atomic mass is 32.2.